The average Bonchev–Trinajstić information content (AvgIpc) is 2.64. The van der Waals surface area contributed by atoms with Crippen LogP contribution in [0.5, 0.6) is 0 Å². The minimum atomic E-state index is 0.181. The molecular formula is C21H26N2O. The van der Waals surface area contributed by atoms with Gasteiger partial charge in [0.2, 0.25) is 5.91 Å². The lowest BCUT2D eigenvalue weighted by Crippen LogP contribution is -2.24. The number of amides is 1. The van der Waals surface area contributed by atoms with Crippen molar-refractivity contribution in [2.45, 2.75) is 38.6 Å². The van der Waals surface area contributed by atoms with Gasteiger partial charge in [0, 0.05) is 30.9 Å². The van der Waals surface area contributed by atoms with Gasteiger partial charge in [-0.3, -0.25) is 4.79 Å². The molecule has 0 atom stereocenters. The monoisotopic (exact) mass is 322 g/mol. The fraction of sp³-hybridized carbons (Fsp3) is 0.381. The Morgan fingerprint density at radius 2 is 1.67 bits per heavy atom. The van der Waals surface area contributed by atoms with Crippen LogP contribution in [0.25, 0.3) is 0 Å². The van der Waals surface area contributed by atoms with E-state index in [-0.39, 0.29) is 11.8 Å². The van der Waals surface area contributed by atoms with E-state index in [0.717, 1.165) is 30.8 Å². The van der Waals surface area contributed by atoms with Crippen LogP contribution in [-0.4, -0.2) is 13.0 Å². The van der Waals surface area contributed by atoms with Crippen LogP contribution in [0.4, 0.5) is 11.4 Å². The number of rotatable bonds is 5. The lowest BCUT2D eigenvalue weighted by atomic mass is 9.88. The molecule has 1 saturated carbocycles. The molecule has 1 N–H and O–H groups in total. The lowest BCUT2D eigenvalue weighted by molar-refractivity contribution is -0.120. The molecule has 0 saturated heterocycles. The van der Waals surface area contributed by atoms with Crippen molar-refractivity contribution in [3.8, 4) is 0 Å². The number of carbonyl (C=O) groups excluding carboxylic acids is 1. The first-order chi connectivity index (χ1) is 11.7. The molecule has 1 aliphatic rings. The van der Waals surface area contributed by atoms with Crippen molar-refractivity contribution >= 4 is 17.3 Å². The van der Waals surface area contributed by atoms with Crippen LogP contribution in [0.1, 0.15) is 37.7 Å². The number of anilines is 2. The van der Waals surface area contributed by atoms with E-state index in [2.05, 4.69) is 53.7 Å². The fourth-order valence-corrected chi connectivity index (χ4v) is 3.36. The second-order valence-corrected chi connectivity index (χ2v) is 6.71. The number of hydrogen-bond acceptors (Lipinski definition) is 2. The zero-order valence-corrected chi connectivity index (χ0v) is 14.4. The Kier molecular flexibility index (Phi) is 5.52. The topological polar surface area (TPSA) is 32.3 Å². The quantitative estimate of drug-likeness (QED) is 0.854. The summed E-state index contributed by atoms with van der Waals surface area (Å²) in [7, 11) is 2.09. The summed E-state index contributed by atoms with van der Waals surface area (Å²) in [6.07, 6.45) is 5.70. The summed E-state index contributed by atoms with van der Waals surface area (Å²) in [5.41, 5.74) is 3.33. The second kappa shape index (κ2) is 8.00. The van der Waals surface area contributed by atoms with E-state index in [9.17, 15) is 4.79 Å². The Morgan fingerprint density at radius 3 is 2.33 bits per heavy atom. The Balaban J connectivity index is 1.57. The molecule has 0 bridgehead atoms. The minimum absolute atomic E-state index is 0.181. The Bertz CT molecular complexity index is 645. The Morgan fingerprint density at radius 1 is 1.00 bits per heavy atom. The SMILES string of the molecule is CN(Cc1ccccc1)c1ccc(NC(=O)C2CCCCC2)cc1. The first kappa shape index (κ1) is 16.6. The van der Waals surface area contributed by atoms with E-state index in [4.69, 9.17) is 0 Å². The number of benzene rings is 2. The average molecular weight is 322 g/mol. The zero-order chi connectivity index (χ0) is 16.8. The van der Waals surface area contributed by atoms with E-state index < -0.39 is 0 Å². The molecule has 1 aliphatic carbocycles. The van der Waals surface area contributed by atoms with Gasteiger partial charge in [0.15, 0.2) is 0 Å². The molecule has 126 valence electrons. The Labute approximate surface area is 144 Å². The van der Waals surface area contributed by atoms with Gasteiger partial charge in [0.1, 0.15) is 0 Å². The van der Waals surface area contributed by atoms with Crippen molar-refractivity contribution in [1.82, 2.24) is 0 Å². The third-order valence-electron chi connectivity index (χ3n) is 4.81. The van der Waals surface area contributed by atoms with Crippen LogP contribution in [-0.2, 0) is 11.3 Å². The first-order valence-electron chi connectivity index (χ1n) is 8.88. The van der Waals surface area contributed by atoms with Crippen LogP contribution in [0.2, 0.25) is 0 Å². The van der Waals surface area contributed by atoms with Gasteiger partial charge in [-0.2, -0.15) is 0 Å². The third-order valence-corrected chi connectivity index (χ3v) is 4.81. The highest BCUT2D eigenvalue weighted by atomic mass is 16.1. The maximum atomic E-state index is 12.3. The highest BCUT2D eigenvalue weighted by Gasteiger charge is 2.20. The molecule has 0 aromatic heterocycles. The van der Waals surface area contributed by atoms with Gasteiger partial charge < -0.3 is 10.2 Å². The van der Waals surface area contributed by atoms with E-state index in [1.165, 1.54) is 24.8 Å². The van der Waals surface area contributed by atoms with Gasteiger partial charge in [-0.1, -0.05) is 49.6 Å². The van der Waals surface area contributed by atoms with Gasteiger partial charge in [0.25, 0.3) is 0 Å². The third kappa shape index (κ3) is 4.38. The molecule has 2 aromatic carbocycles. The van der Waals surface area contributed by atoms with E-state index in [0.29, 0.717) is 0 Å². The van der Waals surface area contributed by atoms with E-state index in [1.54, 1.807) is 0 Å². The molecule has 1 amide bonds. The van der Waals surface area contributed by atoms with E-state index >= 15 is 0 Å². The molecule has 0 heterocycles. The van der Waals surface area contributed by atoms with Gasteiger partial charge in [-0.05, 0) is 42.7 Å². The van der Waals surface area contributed by atoms with Crippen LogP contribution in [0, 0.1) is 5.92 Å². The summed E-state index contributed by atoms with van der Waals surface area (Å²) in [5.74, 6) is 0.374. The smallest absolute Gasteiger partial charge is 0.227 e. The molecular weight excluding hydrogens is 296 g/mol. The molecule has 0 radical (unpaired) electrons. The molecule has 3 nitrogen and oxygen atoms in total. The first-order valence-corrected chi connectivity index (χ1v) is 8.88. The highest BCUT2D eigenvalue weighted by molar-refractivity contribution is 5.92. The van der Waals surface area contributed by atoms with Crippen molar-refractivity contribution < 1.29 is 4.79 Å². The Hall–Kier alpha value is -2.29. The zero-order valence-electron chi connectivity index (χ0n) is 14.4. The molecule has 24 heavy (non-hydrogen) atoms. The molecule has 1 fully saturated rings. The summed E-state index contributed by atoms with van der Waals surface area (Å²) in [6, 6.07) is 18.6. The van der Waals surface area contributed by atoms with Gasteiger partial charge >= 0.3 is 0 Å². The highest BCUT2D eigenvalue weighted by Crippen LogP contribution is 2.25. The number of carbonyl (C=O) groups is 1. The fourth-order valence-electron chi connectivity index (χ4n) is 3.36. The number of hydrogen-bond donors (Lipinski definition) is 1. The molecule has 3 heteroatoms. The van der Waals surface area contributed by atoms with Crippen molar-refractivity contribution in [2.24, 2.45) is 5.92 Å². The van der Waals surface area contributed by atoms with Crippen LogP contribution in [0.3, 0.4) is 0 Å². The van der Waals surface area contributed by atoms with Crippen LogP contribution < -0.4 is 10.2 Å². The van der Waals surface area contributed by atoms with Crippen molar-refractivity contribution in [2.75, 3.05) is 17.3 Å². The van der Waals surface area contributed by atoms with Crippen molar-refractivity contribution in [1.29, 1.82) is 0 Å². The molecule has 0 spiro atoms. The second-order valence-electron chi connectivity index (χ2n) is 6.71. The van der Waals surface area contributed by atoms with E-state index in [1.807, 2.05) is 18.2 Å². The van der Waals surface area contributed by atoms with Crippen LogP contribution >= 0.6 is 0 Å². The molecule has 0 unspecified atom stereocenters. The molecule has 2 aromatic rings. The number of nitrogens with one attached hydrogen (secondary N) is 1. The summed E-state index contributed by atoms with van der Waals surface area (Å²) in [4.78, 5) is 14.5. The van der Waals surface area contributed by atoms with Gasteiger partial charge in [-0.25, -0.2) is 0 Å². The number of nitrogens with zero attached hydrogens (tertiary/aromatic N) is 1. The van der Waals surface area contributed by atoms with Crippen molar-refractivity contribution in [3.63, 3.8) is 0 Å². The summed E-state index contributed by atoms with van der Waals surface area (Å²) >= 11 is 0. The normalized spacial score (nSPS) is 15.0. The molecule has 0 aliphatic heterocycles. The minimum Gasteiger partial charge on any atom is -0.370 e. The summed E-state index contributed by atoms with van der Waals surface area (Å²) < 4.78 is 0. The predicted octanol–water partition coefficient (Wildman–Crippen LogP) is 4.84. The maximum absolute atomic E-state index is 12.3. The van der Waals surface area contributed by atoms with Gasteiger partial charge in [0.05, 0.1) is 0 Å². The predicted molar refractivity (Wildman–Crippen MR) is 100 cm³/mol. The lowest BCUT2D eigenvalue weighted by Gasteiger charge is -2.22. The van der Waals surface area contributed by atoms with Gasteiger partial charge in [-0.15, -0.1) is 0 Å². The standard InChI is InChI=1S/C21H26N2O/c1-23(16-17-8-4-2-5-9-17)20-14-12-19(13-15-20)22-21(24)18-10-6-3-7-11-18/h2,4-5,8-9,12-15,18H,3,6-7,10-11,16H2,1H3,(H,22,24). The largest absolute Gasteiger partial charge is 0.370 e. The maximum Gasteiger partial charge on any atom is 0.227 e. The van der Waals surface area contributed by atoms with Crippen LogP contribution in [0.15, 0.2) is 54.6 Å². The summed E-state index contributed by atoms with van der Waals surface area (Å²) in [5, 5.41) is 3.07. The van der Waals surface area contributed by atoms with Crippen molar-refractivity contribution in [3.05, 3.63) is 60.2 Å². The summed E-state index contributed by atoms with van der Waals surface area (Å²) in [6.45, 7) is 0.870. The molecule has 3 rings (SSSR count).